The van der Waals surface area contributed by atoms with Crippen LogP contribution in [0, 0.1) is 18.3 Å². The van der Waals surface area contributed by atoms with E-state index < -0.39 is 15.1 Å². The van der Waals surface area contributed by atoms with Crippen molar-refractivity contribution in [2.75, 3.05) is 0 Å². The van der Waals surface area contributed by atoms with Gasteiger partial charge in [0.05, 0.1) is 22.6 Å². The first-order valence-corrected chi connectivity index (χ1v) is 6.21. The number of benzene rings is 1. The van der Waals surface area contributed by atoms with Crippen LogP contribution in [0.5, 0.6) is 0 Å². The fourth-order valence-corrected chi connectivity index (χ4v) is 2.84. The van der Waals surface area contributed by atoms with Crippen LogP contribution in [-0.4, -0.2) is 13.7 Å². The number of hydrogen-bond donors (Lipinski definition) is 0. The summed E-state index contributed by atoms with van der Waals surface area (Å²) < 4.78 is 24.0. The van der Waals surface area contributed by atoms with E-state index in [1.165, 1.54) is 0 Å². The molecule has 3 nitrogen and oxygen atoms in total. The van der Waals surface area contributed by atoms with Crippen LogP contribution in [0.4, 0.5) is 0 Å². The molecule has 0 heterocycles. The predicted octanol–water partition coefficient (Wildman–Crippen LogP) is 2.07. The highest BCUT2D eigenvalue weighted by molar-refractivity contribution is 7.92. The van der Waals surface area contributed by atoms with Gasteiger partial charge in [-0.05, 0) is 25.5 Å². The van der Waals surface area contributed by atoms with Gasteiger partial charge in [0.15, 0.2) is 9.84 Å². The lowest BCUT2D eigenvalue weighted by Gasteiger charge is -2.11. The fourth-order valence-electron chi connectivity index (χ4n) is 1.33. The zero-order valence-corrected chi connectivity index (χ0v) is 9.58. The number of rotatable bonds is 3. The largest absolute Gasteiger partial charge is 0.223 e. The van der Waals surface area contributed by atoms with Crippen molar-refractivity contribution in [1.82, 2.24) is 0 Å². The Morgan fingerprint density at radius 1 is 1.40 bits per heavy atom. The van der Waals surface area contributed by atoms with Gasteiger partial charge in [0.25, 0.3) is 0 Å². The Morgan fingerprint density at radius 3 is 2.53 bits per heavy atom. The topological polar surface area (TPSA) is 57.9 Å². The number of nitriles is 1. The minimum Gasteiger partial charge on any atom is -0.223 e. The molecular weight excluding hydrogens is 210 g/mol. The molecule has 0 aliphatic carbocycles. The molecular formula is C11H13NO2S. The van der Waals surface area contributed by atoms with E-state index in [2.05, 4.69) is 0 Å². The Balaban J connectivity index is 3.19. The van der Waals surface area contributed by atoms with E-state index in [1.54, 1.807) is 38.1 Å². The van der Waals surface area contributed by atoms with Crippen LogP contribution in [-0.2, 0) is 9.84 Å². The molecule has 1 atom stereocenters. The van der Waals surface area contributed by atoms with E-state index in [4.69, 9.17) is 5.26 Å². The van der Waals surface area contributed by atoms with Crippen molar-refractivity contribution in [3.63, 3.8) is 0 Å². The first kappa shape index (κ1) is 11.7. The van der Waals surface area contributed by atoms with Gasteiger partial charge in [0.2, 0.25) is 0 Å². The summed E-state index contributed by atoms with van der Waals surface area (Å²) in [7, 11) is -3.35. The highest BCUT2D eigenvalue weighted by atomic mass is 32.2. The molecule has 0 spiro atoms. The average molecular weight is 223 g/mol. The van der Waals surface area contributed by atoms with Crippen molar-refractivity contribution >= 4 is 9.84 Å². The maximum atomic E-state index is 12.0. The van der Waals surface area contributed by atoms with Crippen LogP contribution < -0.4 is 0 Å². The molecule has 0 radical (unpaired) electrons. The second-order valence-electron chi connectivity index (χ2n) is 3.48. The molecule has 1 aromatic rings. The molecule has 0 fully saturated rings. The number of hydrogen-bond acceptors (Lipinski definition) is 3. The minimum absolute atomic E-state index is 0.0245. The third-order valence-corrected chi connectivity index (χ3v) is 4.61. The van der Waals surface area contributed by atoms with Gasteiger partial charge in [-0.25, -0.2) is 8.42 Å². The van der Waals surface area contributed by atoms with Gasteiger partial charge >= 0.3 is 0 Å². The molecule has 0 aromatic heterocycles. The van der Waals surface area contributed by atoms with E-state index >= 15 is 0 Å². The second-order valence-corrected chi connectivity index (χ2v) is 5.82. The SMILES string of the molecule is Cc1ccccc1S(=O)(=O)C(C)CC#N. The van der Waals surface area contributed by atoms with Crippen LogP contribution in [0.1, 0.15) is 18.9 Å². The van der Waals surface area contributed by atoms with E-state index in [0.717, 1.165) is 5.56 Å². The molecule has 1 unspecified atom stereocenters. The molecule has 0 saturated carbocycles. The fraction of sp³-hybridized carbons (Fsp3) is 0.364. The van der Waals surface area contributed by atoms with Crippen LogP contribution in [0.15, 0.2) is 29.2 Å². The summed E-state index contributed by atoms with van der Waals surface area (Å²) in [6.07, 6.45) is 0.0245. The summed E-state index contributed by atoms with van der Waals surface area (Å²) in [5, 5.41) is 7.85. The zero-order chi connectivity index (χ0) is 11.5. The molecule has 0 amide bonds. The summed E-state index contributed by atoms with van der Waals surface area (Å²) in [6.45, 7) is 3.32. The minimum atomic E-state index is -3.35. The van der Waals surface area contributed by atoms with Crippen LogP contribution in [0.3, 0.4) is 0 Å². The molecule has 15 heavy (non-hydrogen) atoms. The van der Waals surface area contributed by atoms with Crippen LogP contribution in [0.2, 0.25) is 0 Å². The molecule has 1 rings (SSSR count). The highest BCUT2D eigenvalue weighted by Gasteiger charge is 2.24. The smallest absolute Gasteiger partial charge is 0.182 e. The van der Waals surface area contributed by atoms with Crippen molar-refractivity contribution in [1.29, 1.82) is 5.26 Å². The second kappa shape index (κ2) is 4.45. The van der Waals surface area contributed by atoms with Gasteiger partial charge in [-0.2, -0.15) is 5.26 Å². The Labute approximate surface area is 90.3 Å². The lowest BCUT2D eigenvalue weighted by molar-refractivity contribution is 0.583. The lowest BCUT2D eigenvalue weighted by Crippen LogP contribution is -2.18. The highest BCUT2D eigenvalue weighted by Crippen LogP contribution is 2.21. The first-order chi connectivity index (χ1) is 7.00. The Morgan fingerprint density at radius 2 is 2.00 bits per heavy atom. The van der Waals surface area contributed by atoms with E-state index in [-0.39, 0.29) is 6.42 Å². The number of nitrogens with zero attached hydrogens (tertiary/aromatic N) is 1. The van der Waals surface area contributed by atoms with Gasteiger partial charge in [-0.15, -0.1) is 0 Å². The van der Waals surface area contributed by atoms with Gasteiger partial charge in [0, 0.05) is 0 Å². The Hall–Kier alpha value is -1.34. The van der Waals surface area contributed by atoms with Crippen LogP contribution >= 0.6 is 0 Å². The summed E-state index contributed by atoms with van der Waals surface area (Å²) >= 11 is 0. The standard InChI is InChI=1S/C11H13NO2S/c1-9-5-3-4-6-11(9)15(13,14)10(2)7-8-12/h3-6,10H,7H2,1-2H3. The summed E-state index contributed by atoms with van der Waals surface area (Å²) in [5.41, 5.74) is 0.724. The summed E-state index contributed by atoms with van der Waals surface area (Å²) in [5.74, 6) is 0. The Kier molecular flexibility index (Phi) is 3.48. The first-order valence-electron chi connectivity index (χ1n) is 4.66. The zero-order valence-electron chi connectivity index (χ0n) is 8.77. The third-order valence-electron chi connectivity index (χ3n) is 2.31. The molecule has 0 bridgehead atoms. The van der Waals surface area contributed by atoms with Crippen molar-refractivity contribution in [2.45, 2.75) is 30.4 Å². The molecule has 0 aliphatic heterocycles. The molecule has 0 aliphatic rings. The van der Waals surface area contributed by atoms with Crippen LogP contribution in [0.25, 0.3) is 0 Å². The number of aryl methyl sites for hydroxylation is 1. The van der Waals surface area contributed by atoms with Gasteiger partial charge < -0.3 is 0 Å². The Bertz CT molecular complexity index is 486. The quantitative estimate of drug-likeness (QED) is 0.788. The number of sulfone groups is 1. The maximum absolute atomic E-state index is 12.0. The molecule has 4 heteroatoms. The predicted molar refractivity (Wildman–Crippen MR) is 58.1 cm³/mol. The third kappa shape index (κ3) is 2.37. The average Bonchev–Trinajstić information content (AvgIpc) is 2.18. The normalized spacial score (nSPS) is 13.1. The monoisotopic (exact) mass is 223 g/mol. The summed E-state index contributed by atoms with van der Waals surface area (Å²) in [4.78, 5) is 0.327. The van der Waals surface area contributed by atoms with E-state index in [1.807, 2.05) is 6.07 Å². The van der Waals surface area contributed by atoms with Crippen molar-refractivity contribution in [3.05, 3.63) is 29.8 Å². The van der Waals surface area contributed by atoms with Crippen molar-refractivity contribution in [3.8, 4) is 6.07 Å². The van der Waals surface area contributed by atoms with Crippen molar-refractivity contribution < 1.29 is 8.42 Å². The molecule has 1 aromatic carbocycles. The molecule has 80 valence electrons. The lowest BCUT2D eigenvalue weighted by atomic mass is 10.2. The van der Waals surface area contributed by atoms with E-state index in [9.17, 15) is 8.42 Å². The van der Waals surface area contributed by atoms with Gasteiger partial charge in [0.1, 0.15) is 0 Å². The van der Waals surface area contributed by atoms with Gasteiger partial charge in [-0.1, -0.05) is 18.2 Å². The molecule has 0 saturated heterocycles. The van der Waals surface area contributed by atoms with Crippen molar-refractivity contribution in [2.24, 2.45) is 0 Å². The van der Waals surface area contributed by atoms with E-state index in [0.29, 0.717) is 4.90 Å². The maximum Gasteiger partial charge on any atom is 0.182 e. The molecule has 0 N–H and O–H groups in total. The summed E-state index contributed by atoms with van der Waals surface area (Å²) in [6, 6.07) is 8.71. The van der Waals surface area contributed by atoms with Gasteiger partial charge in [-0.3, -0.25) is 0 Å².